The number of rotatable bonds is 0. The SMILES string of the molecule is CC(C)(C)c1ccc2[nH]c3ccc4c(=O)c5ccccc5c(=O)c4c3sc2c1. The van der Waals surface area contributed by atoms with Crippen LogP contribution in [0.2, 0.25) is 0 Å². The summed E-state index contributed by atoms with van der Waals surface area (Å²) in [4.78, 5) is 29.7. The molecule has 28 heavy (non-hydrogen) atoms. The normalized spacial score (nSPS) is 12.4. The van der Waals surface area contributed by atoms with Crippen LogP contribution in [0.1, 0.15) is 26.3 Å². The molecule has 0 bridgehead atoms. The van der Waals surface area contributed by atoms with Crippen LogP contribution in [0, 0.1) is 0 Å². The van der Waals surface area contributed by atoms with Crippen LogP contribution >= 0.6 is 11.3 Å². The van der Waals surface area contributed by atoms with Gasteiger partial charge in [-0.15, -0.1) is 11.3 Å². The topological polar surface area (TPSA) is 49.9 Å². The molecule has 5 aromatic rings. The summed E-state index contributed by atoms with van der Waals surface area (Å²) in [6.45, 7) is 6.56. The Bertz CT molecular complexity index is 1530. The molecule has 0 aliphatic rings. The molecule has 0 unspecified atom stereocenters. The molecule has 0 saturated carbocycles. The molecule has 3 nitrogen and oxygen atoms in total. The van der Waals surface area contributed by atoms with Crippen LogP contribution in [-0.4, -0.2) is 4.98 Å². The molecule has 5 rings (SSSR count). The van der Waals surface area contributed by atoms with Crippen molar-refractivity contribution in [1.29, 1.82) is 0 Å². The van der Waals surface area contributed by atoms with E-state index in [9.17, 15) is 9.59 Å². The molecular formula is C24H19NO2S. The van der Waals surface area contributed by atoms with Gasteiger partial charge in [0, 0.05) is 16.2 Å². The maximum atomic E-state index is 13.3. The summed E-state index contributed by atoms with van der Waals surface area (Å²) < 4.78 is 1.91. The third-order valence-corrected chi connectivity index (χ3v) is 6.56. The van der Waals surface area contributed by atoms with Gasteiger partial charge in [-0.05, 0) is 35.2 Å². The van der Waals surface area contributed by atoms with E-state index < -0.39 is 0 Å². The molecule has 0 spiro atoms. The van der Waals surface area contributed by atoms with Crippen LogP contribution in [0.5, 0.6) is 0 Å². The maximum absolute atomic E-state index is 13.3. The Morgan fingerprint density at radius 2 is 1.46 bits per heavy atom. The van der Waals surface area contributed by atoms with Gasteiger partial charge in [-0.25, -0.2) is 0 Å². The average molecular weight is 385 g/mol. The zero-order valence-corrected chi connectivity index (χ0v) is 16.7. The highest BCUT2D eigenvalue weighted by molar-refractivity contribution is 7.25. The summed E-state index contributed by atoms with van der Waals surface area (Å²) in [6, 6.07) is 17.2. The minimum atomic E-state index is -0.0807. The molecule has 0 atom stereocenters. The Kier molecular flexibility index (Phi) is 3.52. The maximum Gasteiger partial charge on any atom is 0.196 e. The Morgan fingerprint density at radius 3 is 2.18 bits per heavy atom. The first-order chi connectivity index (χ1) is 13.3. The van der Waals surface area contributed by atoms with Crippen molar-refractivity contribution >= 4 is 53.3 Å². The number of hydrogen-bond acceptors (Lipinski definition) is 3. The largest absolute Gasteiger partial charge is 0.353 e. The molecule has 4 heteroatoms. The minimum absolute atomic E-state index is 0.0384. The van der Waals surface area contributed by atoms with E-state index in [-0.39, 0.29) is 16.3 Å². The van der Waals surface area contributed by atoms with Gasteiger partial charge in [-0.3, -0.25) is 9.59 Å². The Hall–Kier alpha value is -2.98. The molecule has 0 aliphatic heterocycles. The van der Waals surface area contributed by atoms with Gasteiger partial charge in [0.05, 0.1) is 25.8 Å². The molecule has 0 fully saturated rings. The summed E-state index contributed by atoms with van der Waals surface area (Å²) in [7, 11) is 0. The highest BCUT2D eigenvalue weighted by Crippen LogP contribution is 2.33. The van der Waals surface area contributed by atoms with Gasteiger partial charge in [0.15, 0.2) is 10.9 Å². The van der Waals surface area contributed by atoms with Crippen molar-refractivity contribution in [2.75, 3.05) is 0 Å². The Balaban J connectivity index is 1.99. The molecule has 0 radical (unpaired) electrons. The van der Waals surface area contributed by atoms with Crippen LogP contribution < -0.4 is 10.9 Å². The molecule has 1 heterocycles. The molecular weight excluding hydrogens is 366 g/mol. The molecule has 4 aromatic carbocycles. The molecule has 1 aromatic heterocycles. The predicted octanol–water partition coefficient (Wildman–Crippen LogP) is 5.71. The van der Waals surface area contributed by atoms with Crippen molar-refractivity contribution in [3.63, 3.8) is 0 Å². The molecule has 0 amide bonds. The van der Waals surface area contributed by atoms with Crippen molar-refractivity contribution in [3.8, 4) is 0 Å². The monoisotopic (exact) mass is 385 g/mol. The van der Waals surface area contributed by atoms with Crippen LogP contribution in [0.4, 0.5) is 0 Å². The number of aromatic amines is 1. The fourth-order valence-corrected chi connectivity index (χ4v) is 4.96. The Labute approximate surface area is 165 Å². The van der Waals surface area contributed by atoms with E-state index in [0.717, 1.165) is 20.4 Å². The second-order valence-corrected chi connectivity index (χ2v) is 9.31. The molecule has 138 valence electrons. The van der Waals surface area contributed by atoms with Crippen LogP contribution in [0.15, 0.2) is 64.2 Å². The van der Waals surface area contributed by atoms with Gasteiger partial charge in [-0.2, -0.15) is 0 Å². The zero-order valence-electron chi connectivity index (χ0n) is 15.9. The number of aromatic nitrogens is 1. The van der Waals surface area contributed by atoms with E-state index in [1.165, 1.54) is 5.56 Å². The first kappa shape index (κ1) is 17.1. The molecule has 0 aliphatic carbocycles. The average Bonchev–Trinajstić information content (AvgIpc) is 2.68. The van der Waals surface area contributed by atoms with E-state index in [1.54, 1.807) is 41.7 Å². The second kappa shape index (κ2) is 5.76. The first-order valence-electron chi connectivity index (χ1n) is 9.29. The van der Waals surface area contributed by atoms with Gasteiger partial charge >= 0.3 is 0 Å². The summed E-state index contributed by atoms with van der Waals surface area (Å²) in [5.41, 5.74) is 3.02. The lowest BCUT2D eigenvalue weighted by Gasteiger charge is -2.19. The fourth-order valence-electron chi connectivity index (χ4n) is 3.79. The van der Waals surface area contributed by atoms with Crippen molar-refractivity contribution in [3.05, 3.63) is 80.6 Å². The summed E-state index contributed by atoms with van der Waals surface area (Å²) >= 11 is 1.57. The van der Waals surface area contributed by atoms with Gasteiger partial charge in [0.2, 0.25) is 0 Å². The van der Waals surface area contributed by atoms with Gasteiger partial charge in [0.25, 0.3) is 0 Å². The van der Waals surface area contributed by atoms with Crippen LogP contribution in [0.3, 0.4) is 0 Å². The van der Waals surface area contributed by atoms with Crippen LogP contribution in [-0.2, 0) is 5.41 Å². The van der Waals surface area contributed by atoms with Crippen molar-refractivity contribution in [2.45, 2.75) is 26.2 Å². The van der Waals surface area contributed by atoms with E-state index in [0.29, 0.717) is 21.5 Å². The van der Waals surface area contributed by atoms with Crippen LogP contribution in [0.25, 0.3) is 42.0 Å². The molecule has 0 saturated heterocycles. The molecule has 1 N–H and O–H groups in total. The third kappa shape index (κ3) is 2.41. The minimum Gasteiger partial charge on any atom is -0.353 e. The number of hydrogen-bond donors (Lipinski definition) is 1. The highest BCUT2D eigenvalue weighted by atomic mass is 32.1. The highest BCUT2D eigenvalue weighted by Gasteiger charge is 2.16. The summed E-state index contributed by atoms with van der Waals surface area (Å²) in [5.74, 6) is 0. The number of fused-ring (bicyclic) bond motifs is 5. The van der Waals surface area contributed by atoms with E-state index in [4.69, 9.17) is 0 Å². The number of nitrogens with one attached hydrogen (secondary N) is 1. The lowest BCUT2D eigenvalue weighted by molar-refractivity contribution is 0.591. The van der Waals surface area contributed by atoms with E-state index in [2.05, 4.69) is 44.0 Å². The number of benzene rings is 4. The second-order valence-electron chi connectivity index (χ2n) is 8.26. The zero-order chi connectivity index (χ0) is 19.6. The lowest BCUT2D eigenvalue weighted by Crippen LogP contribution is -2.13. The first-order valence-corrected chi connectivity index (χ1v) is 10.1. The van der Waals surface area contributed by atoms with Crippen molar-refractivity contribution in [2.24, 2.45) is 0 Å². The third-order valence-electron chi connectivity index (χ3n) is 5.37. The quantitative estimate of drug-likeness (QED) is 0.274. The van der Waals surface area contributed by atoms with Crippen molar-refractivity contribution < 1.29 is 0 Å². The lowest BCUT2D eigenvalue weighted by atomic mass is 9.87. The fraction of sp³-hybridized carbons (Fsp3) is 0.167. The van der Waals surface area contributed by atoms with Gasteiger partial charge < -0.3 is 4.98 Å². The summed E-state index contributed by atoms with van der Waals surface area (Å²) in [5, 5.41) is 1.99. The van der Waals surface area contributed by atoms with E-state index >= 15 is 0 Å². The van der Waals surface area contributed by atoms with Gasteiger partial charge in [-0.1, -0.05) is 51.1 Å². The van der Waals surface area contributed by atoms with Gasteiger partial charge in [0.1, 0.15) is 0 Å². The predicted molar refractivity (Wildman–Crippen MR) is 120 cm³/mol. The number of H-pyrrole nitrogens is 1. The Morgan fingerprint density at radius 1 is 0.786 bits per heavy atom. The smallest absolute Gasteiger partial charge is 0.196 e. The standard InChI is InChI=1S/C24H19NO2S/c1-24(2,3)13-8-10-17-19(12-13)28-23-18(25-17)11-9-16-20(23)22(27)15-7-5-4-6-14(15)21(16)26/h4-12,25H,1-3H3. The van der Waals surface area contributed by atoms with Crippen molar-refractivity contribution in [1.82, 2.24) is 4.98 Å². The van der Waals surface area contributed by atoms with E-state index in [1.807, 2.05) is 6.07 Å². The summed E-state index contributed by atoms with van der Waals surface area (Å²) in [6.07, 6.45) is 0.